The highest BCUT2D eigenvalue weighted by Gasteiger charge is 2.18. The van der Waals surface area contributed by atoms with Gasteiger partial charge in [0.15, 0.2) is 11.0 Å². The molecule has 0 fully saturated rings. The number of carbonyl (C=O) groups is 1. The lowest BCUT2D eigenvalue weighted by Gasteiger charge is -2.11. The third kappa shape index (κ3) is 5.15. The van der Waals surface area contributed by atoms with Crippen molar-refractivity contribution in [3.8, 4) is 17.1 Å². The number of anilines is 1. The summed E-state index contributed by atoms with van der Waals surface area (Å²) >= 11 is 13.9. The normalized spacial score (nSPS) is 10.8. The average molecular weight is 483 g/mol. The molecule has 1 N–H and O–H groups in total. The van der Waals surface area contributed by atoms with Crippen LogP contribution in [0.25, 0.3) is 17.1 Å². The van der Waals surface area contributed by atoms with Crippen LogP contribution in [0.15, 0.2) is 78.0 Å². The number of nitrogens with one attached hydrogen (secondary N) is 1. The van der Waals surface area contributed by atoms with Gasteiger partial charge in [-0.05, 0) is 48.9 Å². The van der Waals surface area contributed by atoms with E-state index in [4.69, 9.17) is 23.2 Å². The highest BCUT2D eigenvalue weighted by atomic mass is 35.5. The van der Waals surface area contributed by atoms with Crippen LogP contribution in [0.2, 0.25) is 10.0 Å². The van der Waals surface area contributed by atoms with E-state index < -0.39 is 0 Å². The minimum Gasteiger partial charge on any atom is -0.326 e. The molecule has 0 unspecified atom stereocenters. The highest BCUT2D eigenvalue weighted by molar-refractivity contribution is 7.99. The summed E-state index contributed by atoms with van der Waals surface area (Å²) in [5.74, 6) is 1.11. The number of nitrogens with zero attached hydrogens (tertiary/aromatic N) is 3. The lowest BCUT2D eigenvalue weighted by Crippen LogP contribution is -2.13. The summed E-state index contributed by atoms with van der Waals surface area (Å²) in [4.78, 5) is 12.5. The maximum absolute atomic E-state index is 12.5. The number of carbonyl (C=O) groups excluding carboxylic acids is 1. The Bertz CT molecular complexity index is 1240. The number of para-hydroxylation sites is 1. The van der Waals surface area contributed by atoms with Gasteiger partial charge >= 0.3 is 0 Å². The van der Waals surface area contributed by atoms with Crippen LogP contribution in [0, 0.1) is 6.92 Å². The molecule has 0 radical (unpaired) electrons. The number of hydrogen-bond acceptors (Lipinski definition) is 4. The number of aromatic nitrogens is 3. The topological polar surface area (TPSA) is 59.8 Å². The molecule has 0 aliphatic carbocycles. The van der Waals surface area contributed by atoms with Crippen LogP contribution in [0.5, 0.6) is 0 Å². The van der Waals surface area contributed by atoms with Crippen molar-refractivity contribution < 1.29 is 4.79 Å². The second kappa shape index (κ2) is 10.2. The molecule has 0 saturated heterocycles. The van der Waals surface area contributed by atoms with Gasteiger partial charge in [-0.1, -0.05) is 71.4 Å². The van der Waals surface area contributed by atoms with E-state index in [9.17, 15) is 4.79 Å². The molecule has 8 heteroatoms. The Morgan fingerprint density at radius 2 is 1.75 bits per heavy atom. The van der Waals surface area contributed by atoms with Crippen LogP contribution >= 0.6 is 35.0 Å². The molecular formula is C24H20Cl2N4OS. The molecule has 0 spiro atoms. The first-order chi connectivity index (χ1) is 15.5. The van der Waals surface area contributed by atoms with Crippen LogP contribution in [-0.2, 0) is 4.79 Å². The highest BCUT2D eigenvalue weighted by Crippen LogP contribution is 2.32. The van der Waals surface area contributed by atoms with Gasteiger partial charge in [0.25, 0.3) is 0 Å². The number of rotatable bonds is 7. The Kier molecular flexibility index (Phi) is 7.15. The quantitative estimate of drug-likeness (QED) is 0.298. The number of amides is 1. The summed E-state index contributed by atoms with van der Waals surface area (Å²) in [6, 6.07) is 22.8. The van der Waals surface area contributed by atoms with E-state index in [1.807, 2.05) is 72.2 Å². The van der Waals surface area contributed by atoms with Crippen molar-refractivity contribution in [1.29, 1.82) is 0 Å². The third-order valence-corrected chi connectivity index (χ3v) is 6.29. The smallest absolute Gasteiger partial charge is 0.225 e. The molecule has 0 aliphatic heterocycles. The van der Waals surface area contributed by atoms with E-state index in [1.54, 1.807) is 12.1 Å². The van der Waals surface area contributed by atoms with Gasteiger partial charge in [-0.2, -0.15) is 0 Å². The third-order valence-electron chi connectivity index (χ3n) is 4.80. The van der Waals surface area contributed by atoms with Crippen molar-refractivity contribution in [1.82, 2.24) is 14.8 Å². The van der Waals surface area contributed by atoms with Gasteiger partial charge in [-0.3, -0.25) is 9.36 Å². The molecule has 5 nitrogen and oxygen atoms in total. The van der Waals surface area contributed by atoms with Crippen molar-refractivity contribution >= 4 is 46.6 Å². The molecule has 3 aromatic carbocycles. The maximum atomic E-state index is 12.5. The number of halogens is 2. The lowest BCUT2D eigenvalue weighted by atomic mass is 10.2. The summed E-state index contributed by atoms with van der Waals surface area (Å²) < 4.78 is 1.96. The van der Waals surface area contributed by atoms with E-state index >= 15 is 0 Å². The molecule has 0 saturated carbocycles. The van der Waals surface area contributed by atoms with Crippen LogP contribution in [0.4, 0.5) is 5.69 Å². The maximum Gasteiger partial charge on any atom is 0.225 e. The van der Waals surface area contributed by atoms with Crippen molar-refractivity contribution in [2.24, 2.45) is 0 Å². The largest absolute Gasteiger partial charge is 0.326 e. The molecule has 1 aromatic heterocycles. The van der Waals surface area contributed by atoms with Crippen LogP contribution < -0.4 is 5.32 Å². The molecule has 32 heavy (non-hydrogen) atoms. The minimum absolute atomic E-state index is 0.0834. The van der Waals surface area contributed by atoms with Gasteiger partial charge < -0.3 is 5.32 Å². The standard InChI is InChI=1S/C24H20Cl2N4OS/c1-16-11-12-17(25)15-21(16)27-22(31)13-14-32-24-29-28-23(19-9-5-6-10-20(19)26)30(24)18-7-3-2-4-8-18/h2-12,15H,13-14H2,1H3,(H,27,31). The molecule has 0 bridgehead atoms. The summed E-state index contributed by atoms with van der Waals surface area (Å²) in [5, 5.41) is 13.6. The fraction of sp³-hybridized carbons (Fsp3) is 0.125. The fourth-order valence-corrected chi connectivity index (χ4v) is 4.45. The molecular weight excluding hydrogens is 463 g/mol. The van der Waals surface area contributed by atoms with Gasteiger partial charge in [0.05, 0.1) is 5.02 Å². The predicted octanol–water partition coefficient (Wildman–Crippen LogP) is 6.67. The van der Waals surface area contributed by atoms with Crippen LogP contribution in [-0.4, -0.2) is 26.4 Å². The molecule has 0 atom stereocenters. The van der Waals surface area contributed by atoms with E-state index in [1.165, 1.54) is 11.8 Å². The molecule has 1 heterocycles. The number of aryl methyl sites for hydroxylation is 1. The molecule has 1 amide bonds. The molecule has 162 valence electrons. The molecule has 4 aromatic rings. The Hall–Kier alpha value is -2.80. The zero-order chi connectivity index (χ0) is 22.5. The van der Waals surface area contributed by atoms with E-state index in [0.29, 0.717) is 33.2 Å². The second-order valence-electron chi connectivity index (χ2n) is 7.06. The van der Waals surface area contributed by atoms with Gasteiger partial charge in [0.1, 0.15) is 0 Å². The number of benzene rings is 3. The zero-order valence-corrected chi connectivity index (χ0v) is 19.6. The van der Waals surface area contributed by atoms with E-state index in [0.717, 1.165) is 22.5 Å². The minimum atomic E-state index is -0.0834. The Labute approximate surface area is 200 Å². The zero-order valence-electron chi connectivity index (χ0n) is 17.3. The van der Waals surface area contributed by atoms with Crippen LogP contribution in [0.3, 0.4) is 0 Å². The van der Waals surface area contributed by atoms with Crippen molar-refractivity contribution in [2.75, 3.05) is 11.1 Å². The second-order valence-corrected chi connectivity index (χ2v) is 8.97. The molecule has 4 rings (SSSR count). The summed E-state index contributed by atoms with van der Waals surface area (Å²) in [6.07, 6.45) is 0.319. The lowest BCUT2D eigenvalue weighted by molar-refractivity contribution is -0.115. The summed E-state index contributed by atoms with van der Waals surface area (Å²) in [6.45, 7) is 1.93. The van der Waals surface area contributed by atoms with Crippen molar-refractivity contribution in [3.05, 3.63) is 88.4 Å². The Morgan fingerprint density at radius 1 is 1.00 bits per heavy atom. The van der Waals surface area contributed by atoms with E-state index in [-0.39, 0.29) is 5.91 Å². The number of thioether (sulfide) groups is 1. The summed E-state index contributed by atoms with van der Waals surface area (Å²) in [7, 11) is 0. The number of hydrogen-bond donors (Lipinski definition) is 1. The van der Waals surface area contributed by atoms with E-state index in [2.05, 4.69) is 15.5 Å². The van der Waals surface area contributed by atoms with Gasteiger partial charge in [0.2, 0.25) is 5.91 Å². The van der Waals surface area contributed by atoms with Crippen molar-refractivity contribution in [2.45, 2.75) is 18.5 Å². The van der Waals surface area contributed by atoms with Gasteiger partial charge in [-0.15, -0.1) is 10.2 Å². The van der Waals surface area contributed by atoms with Gasteiger partial charge in [0, 0.05) is 34.1 Å². The first-order valence-electron chi connectivity index (χ1n) is 9.97. The SMILES string of the molecule is Cc1ccc(Cl)cc1NC(=O)CCSc1nnc(-c2ccccc2Cl)n1-c1ccccc1. The monoisotopic (exact) mass is 482 g/mol. The van der Waals surface area contributed by atoms with Crippen molar-refractivity contribution in [3.63, 3.8) is 0 Å². The average Bonchev–Trinajstić information content (AvgIpc) is 3.21. The first-order valence-corrected chi connectivity index (χ1v) is 11.7. The van der Waals surface area contributed by atoms with Gasteiger partial charge in [-0.25, -0.2) is 0 Å². The fourth-order valence-electron chi connectivity index (χ4n) is 3.17. The summed E-state index contributed by atoms with van der Waals surface area (Å²) in [5.41, 5.74) is 3.41. The Balaban J connectivity index is 1.52. The first kappa shape index (κ1) is 22.4. The molecule has 0 aliphatic rings. The van der Waals surface area contributed by atoms with Crippen LogP contribution in [0.1, 0.15) is 12.0 Å². The Morgan fingerprint density at radius 3 is 2.53 bits per heavy atom. The predicted molar refractivity (Wildman–Crippen MR) is 132 cm³/mol.